The number of pyridine rings is 1. The number of imidazole rings is 1. The number of aromatic nitrogens is 3. The molecule has 4 nitrogen and oxygen atoms in total. The van der Waals surface area contributed by atoms with Gasteiger partial charge in [0.1, 0.15) is 11.6 Å². The van der Waals surface area contributed by atoms with Gasteiger partial charge in [0.05, 0.1) is 33.5 Å². The molecule has 0 radical (unpaired) electrons. The highest BCUT2D eigenvalue weighted by atomic mass is 16.3. The van der Waals surface area contributed by atoms with E-state index in [-0.39, 0.29) is 33.0 Å². The minimum absolute atomic E-state index is 0.00140. The first-order valence-electron chi connectivity index (χ1n) is 25.3. The Balaban J connectivity index is 1.43. The smallest absolute Gasteiger partial charge is 0.149 e. The number of phenols is 1. The minimum Gasteiger partial charge on any atom is -0.507 e. The van der Waals surface area contributed by atoms with Gasteiger partial charge in [-0.25, -0.2) is 4.98 Å². The van der Waals surface area contributed by atoms with Gasteiger partial charge in [-0.3, -0.25) is 9.55 Å². The van der Waals surface area contributed by atoms with Crippen LogP contribution in [0.25, 0.3) is 72.7 Å². The van der Waals surface area contributed by atoms with Crippen LogP contribution in [0.15, 0.2) is 140 Å². The minimum atomic E-state index is -2.82. The fraction of sp³-hybridized carbons (Fsp3) is 0.288. The zero-order valence-corrected chi connectivity index (χ0v) is 38.8. The van der Waals surface area contributed by atoms with Gasteiger partial charge < -0.3 is 5.11 Å². The third-order valence-electron chi connectivity index (χ3n) is 11.9. The Morgan fingerprint density at radius 3 is 1.83 bits per heavy atom. The summed E-state index contributed by atoms with van der Waals surface area (Å²) >= 11 is 0. The van der Waals surface area contributed by atoms with Crippen molar-refractivity contribution in [2.75, 3.05) is 0 Å². The Bertz CT molecular complexity index is 3310. The maximum atomic E-state index is 12.6. The number of fused-ring (bicyclic) bond motifs is 1. The molecule has 6 aromatic carbocycles. The van der Waals surface area contributed by atoms with E-state index in [0.29, 0.717) is 22.6 Å². The quantitative estimate of drug-likeness (QED) is 0.181. The van der Waals surface area contributed by atoms with E-state index in [1.807, 2.05) is 6.07 Å². The monoisotopic (exact) mass is 837 g/mol. The van der Waals surface area contributed by atoms with Crippen LogP contribution < -0.4 is 0 Å². The number of hydrogen-bond donors (Lipinski definition) is 1. The summed E-state index contributed by atoms with van der Waals surface area (Å²) in [5, 5.41) is 12.6. The van der Waals surface area contributed by atoms with Crippen molar-refractivity contribution in [2.45, 2.75) is 112 Å². The third-order valence-corrected chi connectivity index (χ3v) is 11.9. The Morgan fingerprint density at radius 1 is 0.524 bits per heavy atom. The Labute approximate surface area is 385 Å². The number of benzene rings is 6. The van der Waals surface area contributed by atoms with Crippen LogP contribution in [0.1, 0.15) is 120 Å². The van der Waals surface area contributed by atoms with Crippen molar-refractivity contribution >= 4 is 11.0 Å². The molecule has 0 amide bonds. The number of aromatic hydroxyl groups is 1. The summed E-state index contributed by atoms with van der Waals surface area (Å²) in [6.45, 7) is 23.2. The van der Waals surface area contributed by atoms with E-state index in [9.17, 15) is 5.11 Å². The first-order valence-corrected chi connectivity index (χ1v) is 21.8. The molecule has 2 aromatic heterocycles. The second kappa shape index (κ2) is 15.8. The summed E-state index contributed by atoms with van der Waals surface area (Å²) in [5.41, 5.74) is 11.0. The molecular formula is C59H63N3O. The lowest BCUT2D eigenvalue weighted by atomic mass is 9.78. The average molecular weight is 837 g/mol. The highest BCUT2D eigenvalue weighted by molar-refractivity contribution is 5.97. The normalized spacial score (nSPS) is 14.4. The maximum absolute atomic E-state index is 12.6. The number of rotatable bonds is 6. The van der Waals surface area contributed by atoms with Crippen molar-refractivity contribution in [2.24, 2.45) is 0 Å². The van der Waals surface area contributed by atoms with Crippen LogP contribution in [-0.2, 0) is 21.7 Å². The fourth-order valence-corrected chi connectivity index (χ4v) is 8.27. The number of phenolic OH excluding ortho intramolecular Hbond substituents is 1. The second-order valence-corrected chi connectivity index (χ2v) is 20.9. The van der Waals surface area contributed by atoms with E-state index in [1.165, 1.54) is 0 Å². The summed E-state index contributed by atoms with van der Waals surface area (Å²) in [5.74, 6) is 0.801. The van der Waals surface area contributed by atoms with Gasteiger partial charge in [-0.05, 0) is 122 Å². The average Bonchev–Trinajstić information content (AvgIpc) is 3.66. The standard InChI is InChI=1S/C59H63N3O/c1-37-22-24-39(25-23-37)41-28-29-60-50(34-41)43-30-42(31-44(32-43)56(2,3)4)46-20-17-21-52-53(46)61-55(47-35-45(57(5,6)7)36-49(54(47)63)59(11,12)13)62(52)51-27-26-40(33-48(51)58(8,9)10)38-18-15-14-16-19-38/h14-36,63H,1-13H3/i1D3,22D,23D,24D,25D. The predicted octanol–water partition coefficient (Wildman–Crippen LogP) is 16.0. The molecule has 0 unspecified atom stereocenters. The van der Waals surface area contributed by atoms with Crippen molar-refractivity contribution in [1.29, 1.82) is 0 Å². The summed E-state index contributed by atoms with van der Waals surface area (Å²) in [4.78, 5) is 10.4. The molecule has 1 N–H and O–H groups in total. The number of hydrogen-bond acceptors (Lipinski definition) is 3. The van der Waals surface area contributed by atoms with Crippen LogP contribution in [0.5, 0.6) is 5.75 Å². The van der Waals surface area contributed by atoms with Gasteiger partial charge in [-0.1, -0.05) is 173 Å². The second-order valence-electron chi connectivity index (χ2n) is 20.9. The van der Waals surface area contributed by atoms with Crippen LogP contribution >= 0.6 is 0 Å². The van der Waals surface area contributed by atoms with Crippen molar-refractivity contribution in [3.63, 3.8) is 0 Å². The molecular weight excluding hydrogens is 767 g/mol. The molecule has 0 bridgehead atoms. The van der Waals surface area contributed by atoms with Crippen molar-refractivity contribution in [1.82, 2.24) is 14.5 Å². The Morgan fingerprint density at radius 2 is 1.17 bits per heavy atom. The van der Waals surface area contributed by atoms with E-state index in [2.05, 4.69) is 179 Å². The van der Waals surface area contributed by atoms with Crippen molar-refractivity contribution in [3.05, 3.63) is 167 Å². The first kappa shape index (κ1) is 35.2. The van der Waals surface area contributed by atoms with E-state index in [1.54, 1.807) is 18.3 Å². The van der Waals surface area contributed by atoms with E-state index in [0.717, 1.165) is 66.8 Å². The van der Waals surface area contributed by atoms with Crippen LogP contribution in [0.3, 0.4) is 0 Å². The Hall–Kier alpha value is -6.26. The molecule has 0 aliphatic carbocycles. The summed E-state index contributed by atoms with van der Waals surface area (Å²) in [6, 6.07) is 35.1. The van der Waals surface area contributed by atoms with E-state index in [4.69, 9.17) is 19.6 Å². The molecule has 8 rings (SSSR count). The molecule has 8 aromatic rings. The van der Waals surface area contributed by atoms with Crippen molar-refractivity contribution in [3.8, 4) is 67.5 Å². The van der Waals surface area contributed by atoms with Gasteiger partial charge >= 0.3 is 0 Å². The summed E-state index contributed by atoms with van der Waals surface area (Å²) in [6.07, 6.45) is 1.58. The van der Waals surface area contributed by atoms with Gasteiger partial charge in [0.2, 0.25) is 0 Å². The molecule has 0 atom stereocenters. The molecule has 2 heterocycles. The predicted molar refractivity (Wildman–Crippen MR) is 267 cm³/mol. The third kappa shape index (κ3) is 8.61. The molecule has 320 valence electrons. The number of nitrogens with zero attached hydrogens (tertiary/aromatic N) is 3. The molecule has 0 spiro atoms. The van der Waals surface area contributed by atoms with Gasteiger partial charge in [0, 0.05) is 27.0 Å². The summed E-state index contributed by atoms with van der Waals surface area (Å²) in [7, 11) is 0. The lowest BCUT2D eigenvalue weighted by molar-refractivity contribution is 0.446. The zero-order valence-electron chi connectivity index (χ0n) is 45.8. The van der Waals surface area contributed by atoms with E-state index < -0.39 is 36.6 Å². The topological polar surface area (TPSA) is 50.9 Å². The van der Waals surface area contributed by atoms with Crippen LogP contribution in [0.4, 0.5) is 0 Å². The molecule has 4 heteroatoms. The maximum Gasteiger partial charge on any atom is 0.149 e. The Kier molecular flexibility index (Phi) is 8.85. The zero-order chi connectivity index (χ0) is 51.2. The molecule has 0 fully saturated rings. The molecule has 0 aliphatic heterocycles. The SMILES string of the molecule is [2H]c1c([2H])c(C([2H])([2H])[2H])c([2H])c([2H])c1-c1ccnc(-c2cc(-c3cccc4c3nc(-c3cc(C(C)(C)C)cc(C(C)(C)C)c3O)n4-c3ccc(-c4ccccc4)cc3C(C)(C)C)cc(C(C)(C)C)c2)c1. The highest BCUT2D eigenvalue weighted by Gasteiger charge is 2.30. The largest absolute Gasteiger partial charge is 0.507 e. The van der Waals surface area contributed by atoms with Crippen LogP contribution in [0, 0.1) is 6.85 Å². The highest BCUT2D eigenvalue weighted by Crippen LogP contribution is 2.46. The molecule has 63 heavy (non-hydrogen) atoms. The van der Waals surface area contributed by atoms with Crippen LogP contribution in [-0.4, -0.2) is 19.6 Å². The molecule has 0 aliphatic rings. The lowest BCUT2D eigenvalue weighted by Gasteiger charge is -2.28. The van der Waals surface area contributed by atoms with Gasteiger partial charge in [0.15, 0.2) is 0 Å². The van der Waals surface area contributed by atoms with Gasteiger partial charge in [-0.2, -0.15) is 0 Å². The number of para-hydroxylation sites is 1. The molecule has 0 saturated carbocycles. The fourth-order valence-electron chi connectivity index (χ4n) is 8.27. The first-order chi connectivity index (χ1) is 32.5. The summed E-state index contributed by atoms with van der Waals surface area (Å²) < 4.78 is 60.9. The van der Waals surface area contributed by atoms with Gasteiger partial charge in [-0.15, -0.1) is 0 Å². The van der Waals surface area contributed by atoms with Crippen molar-refractivity contribution < 1.29 is 14.7 Å². The lowest BCUT2D eigenvalue weighted by Crippen LogP contribution is -2.18. The molecule has 0 saturated heterocycles. The van der Waals surface area contributed by atoms with E-state index >= 15 is 0 Å². The van der Waals surface area contributed by atoms with Gasteiger partial charge in [0.25, 0.3) is 0 Å². The van der Waals surface area contributed by atoms with Crippen LogP contribution in [0.2, 0.25) is 0 Å².